The fourth-order valence-electron chi connectivity index (χ4n) is 2.42. The molecule has 2 N–H and O–H groups in total. The average molecular weight is 300 g/mol. The van der Waals surface area contributed by atoms with E-state index in [0.717, 1.165) is 24.9 Å². The Morgan fingerprint density at radius 3 is 2.60 bits per heavy atom. The van der Waals surface area contributed by atoms with Gasteiger partial charge in [-0.15, -0.1) is 12.4 Å². The molecule has 0 aromatic heterocycles. The van der Waals surface area contributed by atoms with Crippen LogP contribution in [0.1, 0.15) is 18.4 Å². The molecule has 20 heavy (non-hydrogen) atoms. The number of nitro groups is 1. The first-order chi connectivity index (χ1) is 9.11. The van der Waals surface area contributed by atoms with Gasteiger partial charge in [0.25, 0.3) is 5.69 Å². The minimum Gasteiger partial charge on any atom is -0.338 e. The van der Waals surface area contributed by atoms with E-state index in [4.69, 9.17) is 5.73 Å². The van der Waals surface area contributed by atoms with Crippen molar-refractivity contribution in [3.8, 4) is 0 Å². The van der Waals surface area contributed by atoms with Crippen LogP contribution in [0.2, 0.25) is 0 Å². The van der Waals surface area contributed by atoms with Gasteiger partial charge in [-0.3, -0.25) is 14.9 Å². The third-order valence-electron chi connectivity index (χ3n) is 3.47. The summed E-state index contributed by atoms with van der Waals surface area (Å²) >= 11 is 0. The minimum absolute atomic E-state index is 0. The smallest absolute Gasteiger partial charge is 0.269 e. The van der Waals surface area contributed by atoms with Crippen LogP contribution in [0.5, 0.6) is 0 Å². The van der Waals surface area contributed by atoms with Gasteiger partial charge < -0.3 is 10.6 Å². The van der Waals surface area contributed by atoms with Crippen LogP contribution in [0.3, 0.4) is 0 Å². The number of halogens is 1. The summed E-state index contributed by atoms with van der Waals surface area (Å²) in [6.07, 6.45) is 2.23. The molecule has 0 saturated carbocycles. The van der Waals surface area contributed by atoms with Crippen molar-refractivity contribution in [3.63, 3.8) is 0 Å². The zero-order chi connectivity index (χ0) is 13.8. The Hall–Kier alpha value is -1.66. The number of carbonyl (C=O) groups excluding carboxylic acids is 1. The molecule has 1 unspecified atom stereocenters. The second kappa shape index (κ2) is 7.21. The number of carbonyl (C=O) groups is 1. The summed E-state index contributed by atoms with van der Waals surface area (Å²) in [5.74, 6) is 0.0433. The summed E-state index contributed by atoms with van der Waals surface area (Å²) in [5.41, 5.74) is 6.47. The van der Waals surface area contributed by atoms with Crippen LogP contribution in [0, 0.1) is 10.1 Å². The summed E-state index contributed by atoms with van der Waals surface area (Å²) in [6, 6.07) is 6.25. The number of nitro benzene ring substituents is 1. The molecule has 0 radical (unpaired) electrons. The van der Waals surface area contributed by atoms with E-state index >= 15 is 0 Å². The predicted molar refractivity (Wildman–Crippen MR) is 77.8 cm³/mol. The van der Waals surface area contributed by atoms with Crippen LogP contribution in [-0.4, -0.2) is 34.9 Å². The number of amides is 1. The van der Waals surface area contributed by atoms with Gasteiger partial charge in [0, 0.05) is 31.3 Å². The molecule has 0 aliphatic carbocycles. The van der Waals surface area contributed by atoms with Crippen LogP contribution in [0.15, 0.2) is 24.3 Å². The number of nitrogens with zero attached hydrogens (tertiary/aromatic N) is 2. The van der Waals surface area contributed by atoms with Crippen molar-refractivity contribution in [2.75, 3.05) is 13.1 Å². The molecule has 0 spiro atoms. The largest absolute Gasteiger partial charge is 0.338 e. The Kier molecular flexibility index (Phi) is 5.91. The van der Waals surface area contributed by atoms with Gasteiger partial charge in [-0.2, -0.15) is 0 Å². The van der Waals surface area contributed by atoms with Crippen LogP contribution in [0.4, 0.5) is 5.69 Å². The zero-order valence-corrected chi connectivity index (χ0v) is 11.8. The van der Waals surface area contributed by atoms with E-state index in [0.29, 0.717) is 6.54 Å². The SMILES string of the molecule is Cl.NCC1CCCN1C(=O)Cc1ccc([N+](=O)[O-])cc1. The average Bonchev–Trinajstić information content (AvgIpc) is 2.87. The topological polar surface area (TPSA) is 89.5 Å². The second-order valence-corrected chi connectivity index (χ2v) is 4.72. The highest BCUT2D eigenvalue weighted by molar-refractivity contribution is 5.85. The zero-order valence-electron chi connectivity index (χ0n) is 11.0. The summed E-state index contributed by atoms with van der Waals surface area (Å²) in [6.45, 7) is 1.25. The van der Waals surface area contributed by atoms with Gasteiger partial charge in [0.15, 0.2) is 0 Å². The number of benzene rings is 1. The Morgan fingerprint density at radius 1 is 1.40 bits per heavy atom. The third kappa shape index (κ3) is 3.68. The van der Waals surface area contributed by atoms with E-state index < -0.39 is 4.92 Å². The van der Waals surface area contributed by atoms with Gasteiger partial charge >= 0.3 is 0 Å². The minimum atomic E-state index is -0.448. The highest BCUT2D eigenvalue weighted by atomic mass is 35.5. The van der Waals surface area contributed by atoms with E-state index in [1.54, 1.807) is 12.1 Å². The number of rotatable bonds is 4. The van der Waals surface area contributed by atoms with E-state index in [-0.39, 0.29) is 36.5 Å². The van der Waals surface area contributed by atoms with Crippen LogP contribution < -0.4 is 5.73 Å². The van der Waals surface area contributed by atoms with Crippen LogP contribution >= 0.6 is 12.4 Å². The number of non-ortho nitro benzene ring substituents is 1. The molecule has 1 aromatic carbocycles. The van der Waals surface area contributed by atoms with Crippen LogP contribution in [0.25, 0.3) is 0 Å². The van der Waals surface area contributed by atoms with Gasteiger partial charge in [-0.05, 0) is 18.4 Å². The standard InChI is InChI=1S/C13H17N3O3.ClH/c14-9-12-2-1-7-15(12)13(17)8-10-3-5-11(6-4-10)16(18)19;/h3-6,12H,1-2,7-9,14H2;1H. The Labute approximate surface area is 123 Å². The highest BCUT2D eigenvalue weighted by Gasteiger charge is 2.27. The predicted octanol–water partition coefficient (Wildman–Crippen LogP) is 1.51. The fraction of sp³-hybridized carbons (Fsp3) is 0.462. The lowest BCUT2D eigenvalue weighted by molar-refractivity contribution is -0.384. The molecular formula is C13H18ClN3O3. The molecule has 1 aromatic rings. The maximum absolute atomic E-state index is 12.1. The van der Waals surface area contributed by atoms with Crippen LogP contribution in [-0.2, 0) is 11.2 Å². The summed E-state index contributed by atoms with van der Waals surface area (Å²) in [7, 11) is 0. The van der Waals surface area contributed by atoms with Gasteiger partial charge in [-0.25, -0.2) is 0 Å². The molecule has 1 aliphatic heterocycles. The molecule has 6 nitrogen and oxygen atoms in total. The third-order valence-corrected chi connectivity index (χ3v) is 3.47. The molecular weight excluding hydrogens is 282 g/mol. The maximum atomic E-state index is 12.1. The Bertz CT molecular complexity index is 478. The lowest BCUT2D eigenvalue weighted by Crippen LogP contribution is -2.40. The lowest BCUT2D eigenvalue weighted by atomic mass is 10.1. The molecule has 7 heteroatoms. The monoisotopic (exact) mass is 299 g/mol. The van der Waals surface area contributed by atoms with E-state index in [2.05, 4.69) is 0 Å². The molecule has 1 atom stereocenters. The van der Waals surface area contributed by atoms with Gasteiger partial charge in [0.1, 0.15) is 0 Å². The molecule has 1 heterocycles. The lowest BCUT2D eigenvalue weighted by Gasteiger charge is -2.23. The molecule has 0 bridgehead atoms. The fourth-order valence-corrected chi connectivity index (χ4v) is 2.42. The van der Waals surface area contributed by atoms with E-state index in [9.17, 15) is 14.9 Å². The van der Waals surface area contributed by atoms with Gasteiger partial charge in [-0.1, -0.05) is 12.1 Å². The van der Waals surface area contributed by atoms with Crippen molar-refractivity contribution < 1.29 is 9.72 Å². The molecule has 110 valence electrons. The summed E-state index contributed by atoms with van der Waals surface area (Å²) < 4.78 is 0. The number of hydrogen-bond acceptors (Lipinski definition) is 4. The van der Waals surface area contributed by atoms with Gasteiger partial charge in [0.05, 0.1) is 11.3 Å². The van der Waals surface area contributed by atoms with Crippen molar-refractivity contribution in [1.29, 1.82) is 0 Å². The van der Waals surface area contributed by atoms with Crippen molar-refractivity contribution in [3.05, 3.63) is 39.9 Å². The number of nitrogens with two attached hydrogens (primary N) is 1. The quantitative estimate of drug-likeness (QED) is 0.674. The van der Waals surface area contributed by atoms with Crippen molar-refractivity contribution in [2.45, 2.75) is 25.3 Å². The van der Waals surface area contributed by atoms with Crippen molar-refractivity contribution in [1.82, 2.24) is 4.90 Å². The molecule has 1 aliphatic rings. The summed E-state index contributed by atoms with van der Waals surface area (Å²) in [5, 5.41) is 10.5. The normalized spacial score (nSPS) is 17.6. The first-order valence-corrected chi connectivity index (χ1v) is 6.34. The number of hydrogen-bond donors (Lipinski definition) is 1. The Balaban J connectivity index is 0.00000200. The molecule has 1 saturated heterocycles. The Morgan fingerprint density at radius 2 is 2.05 bits per heavy atom. The van der Waals surface area contributed by atoms with Crippen molar-refractivity contribution >= 4 is 24.0 Å². The molecule has 1 fully saturated rings. The van der Waals surface area contributed by atoms with Crippen molar-refractivity contribution in [2.24, 2.45) is 5.73 Å². The van der Waals surface area contributed by atoms with Gasteiger partial charge in [0.2, 0.25) is 5.91 Å². The number of likely N-dealkylation sites (tertiary alicyclic amines) is 1. The van der Waals surface area contributed by atoms with E-state index in [1.165, 1.54) is 12.1 Å². The highest BCUT2D eigenvalue weighted by Crippen LogP contribution is 2.18. The van der Waals surface area contributed by atoms with E-state index in [1.807, 2.05) is 4.90 Å². The molecule has 2 rings (SSSR count). The summed E-state index contributed by atoms with van der Waals surface area (Å²) in [4.78, 5) is 24.1. The molecule has 1 amide bonds. The first kappa shape index (κ1) is 16.4. The second-order valence-electron chi connectivity index (χ2n) is 4.72. The maximum Gasteiger partial charge on any atom is 0.269 e. The first-order valence-electron chi connectivity index (χ1n) is 6.34.